The fraction of sp³-hybridized carbons (Fsp3) is 0.500. The Kier molecular flexibility index (Phi) is 4.81. The van der Waals surface area contributed by atoms with Crippen molar-refractivity contribution in [2.24, 2.45) is 5.92 Å². The minimum atomic E-state index is 0.130. The van der Waals surface area contributed by atoms with E-state index in [1.807, 2.05) is 32.0 Å². The molecule has 1 aromatic heterocycles. The zero-order valence-electron chi connectivity index (χ0n) is 9.36. The summed E-state index contributed by atoms with van der Waals surface area (Å²) < 4.78 is 0. The summed E-state index contributed by atoms with van der Waals surface area (Å²) in [6.45, 7) is 4.60. The van der Waals surface area contributed by atoms with Crippen molar-refractivity contribution in [3.8, 4) is 0 Å². The number of amides is 1. The molecule has 0 aliphatic carbocycles. The van der Waals surface area contributed by atoms with Crippen LogP contribution in [-0.4, -0.2) is 10.9 Å². The molecule has 1 N–H and O–H groups in total. The molecule has 0 aliphatic rings. The van der Waals surface area contributed by atoms with Crippen LogP contribution in [0.5, 0.6) is 0 Å². The summed E-state index contributed by atoms with van der Waals surface area (Å²) in [5.41, 5.74) is 0.900. The zero-order valence-corrected chi connectivity index (χ0v) is 9.36. The Morgan fingerprint density at radius 3 is 2.67 bits per heavy atom. The maximum atomic E-state index is 11.6. The van der Waals surface area contributed by atoms with E-state index in [-0.39, 0.29) is 11.8 Å². The van der Waals surface area contributed by atoms with Crippen LogP contribution in [0.3, 0.4) is 0 Å². The summed E-state index contributed by atoms with van der Waals surface area (Å²) in [6, 6.07) is 5.70. The van der Waals surface area contributed by atoms with Crippen LogP contribution in [0.4, 0.5) is 0 Å². The molecular formula is C12H18N2O. The van der Waals surface area contributed by atoms with E-state index in [0.717, 1.165) is 18.5 Å². The molecule has 0 saturated carbocycles. The second kappa shape index (κ2) is 6.17. The van der Waals surface area contributed by atoms with Gasteiger partial charge in [0.2, 0.25) is 5.91 Å². The van der Waals surface area contributed by atoms with Crippen LogP contribution in [-0.2, 0) is 11.3 Å². The predicted molar refractivity (Wildman–Crippen MR) is 60.2 cm³/mol. The molecule has 1 aromatic rings. The third kappa shape index (κ3) is 3.70. The maximum Gasteiger partial charge on any atom is 0.223 e. The fourth-order valence-electron chi connectivity index (χ4n) is 1.48. The number of carbonyl (C=O) groups excluding carboxylic acids is 1. The van der Waals surface area contributed by atoms with Gasteiger partial charge >= 0.3 is 0 Å². The normalized spacial score (nSPS) is 10.3. The smallest absolute Gasteiger partial charge is 0.223 e. The van der Waals surface area contributed by atoms with Crippen molar-refractivity contribution in [2.45, 2.75) is 33.2 Å². The largest absolute Gasteiger partial charge is 0.350 e. The number of rotatable bonds is 5. The Morgan fingerprint density at radius 2 is 2.13 bits per heavy atom. The van der Waals surface area contributed by atoms with Crippen LogP contribution < -0.4 is 5.32 Å². The zero-order chi connectivity index (χ0) is 11.1. The van der Waals surface area contributed by atoms with E-state index in [2.05, 4.69) is 10.3 Å². The third-order valence-electron chi connectivity index (χ3n) is 2.53. The van der Waals surface area contributed by atoms with Gasteiger partial charge in [0.1, 0.15) is 0 Å². The van der Waals surface area contributed by atoms with Crippen LogP contribution in [0.15, 0.2) is 24.4 Å². The lowest BCUT2D eigenvalue weighted by Crippen LogP contribution is -2.29. The molecule has 0 fully saturated rings. The van der Waals surface area contributed by atoms with Crippen molar-refractivity contribution in [1.29, 1.82) is 0 Å². The first-order valence-electron chi connectivity index (χ1n) is 5.45. The molecule has 15 heavy (non-hydrogen) atoms. The molecule has 0 bridgehead atoms. The molecule has 0 aromatic carbocycles. The summed E-state index contributed by atoms with van der Waals surface area (Å²) >= 11 is 0. The topological polar surface area (TPSA) is 42.0 Å². The molecule has 1 rings (SSSR count). The molecule has 0 saturated heterocycles. The number of hydrogen-bond acceptors (Lipinski definition) is 2. The minimum Gasteiger partial charge on any atom is -0.350 e. The van der Waals surface area contributed by atoms with Gasteiger partial charge in [-0.25, -0.2) is 0 Å². The highest BCUT2D eigenvalue weighted by Gasteiger charge is 2.13. The molecule has 82 valence electrons. The molecule has 0 unspecified atom stereocenters. The molecule has 1 amide bonds. The van der Waals surface area contributed by atoms with Gasteiger partial charge in [-0.1, -0.05) is 19.9 Å². The lowest BCUT2D eigenvalue weighted by atomic mass is 10.0. The lowest BCUT2D eigenvalue weighted by molar-refractivity contribution is -0.125. The summed E-state index contributed by atoms with van der Waals surface area (Å²) in [7, 11) is 0. The van der Waals surface area contributed by atoms with E-state index in [0.29, 0.717) is 6.54 Å². The van der Waals surface area contributed by atoms with E-state index >= 15 is 0 Å². The Balaban J connectivity index is 2.40. The number of nitrogens with zero attached hydrogens (tertiary/aromatic N) is 1. The number of carbonyl (C=O) groups is 1. The highest BCUT2D eigenvalue weighted by atomic mass is 16.1. The van der Waals surface area contributed by atoms with Crippen LogP contribution in [0.25, 0.3) is 0 Å². The quantitative estimate of drug-likeness (QED) is 0.802. The second-order valence-corrected chi connectivity index (χ2v) is 3.55. The summed E-state index contributed by atoms with van der Waals surface area (Å²) in [5, 5.41) is 2.90. The summed E-state index contributed by atoms with van der Waals surface area (Å²) in [5.74, 6) is 0.263. The van der Waals surface area contributed by atoms with Gasteiger partial charge in [-0.05, 0) is 25.0 Å². The Morgan fingerprint density at radius 1 is 1.40 bits per heavy atom. The van der Waals surface area contributed by atoms with Crippen LogP contribution in [0, 0.1) is 5.92 Å². The standard InChI is InChI=1S/C12H18N2O/c1-3-10(4-2)12(15)14-9-11-7-5-6-8-13-11/h5-8,10H,3-4,9H2,1-2H3,(H,14,15). The van der Waals surface area contributed by atoms with Crippen molar-refractivity contribution in [3.63, 3.8) is 0 Å². The van der Waals surface area contributed by atoms with Crippen molar-refractivity contribution in [1.82, 2.24) is 10.3 Å². The SMILES string of the molecule is CCC(CC)C(=O)NCc1ccccn1. The molecule has 0 radical (unpaired) electrons. The van der Waals surface area contributed by atoms with Gasteiger partial charge in [0.15, 0.2) is 0 Å². The highest BCUT2D eigenvalue weighted by molar-refractivity contribution is 5.78. The van der Waals surface area contributed by atoms with Crippen LogP contribution in [0.2, 0.25) is 0 Å². The fourth-order valence-corrected chi connectivity index (χ4v) is 1.48. The molecule has 0 atom stereocenters. The molecule has 1 heterocycles. The first kappa shape index (κ1) is 11.7. The number of nitrogens with one attached hydrogen (secondary N) is 1. The Labute approximate surface area is 90.9 Å². The van der Waals surface area contributed by atoms with E-state index < -0.39 is 0 Å². The van der Waals surface area contributed by atoms with E-state index in [4.69, 9.17) is 0 Å². The van der Waals surface area contributed by atoms with E-state index in [9.17, 15) is 4.79 Å². The maximum absolute atomic E-state index is 11.6. The molecular weight excluding hydrogens is 188 g/mol. The van der Waals surface area contributed by atoms with Crippen molar-refractivity contribution < 1.29 is 4.79 Å². The van der Waals surface area contributed by atoms with Crippen LogP contribution in [0.1, 0.15) is 32.4 Å². The number of hydrogen-bond donors (Lipinski definition) is 1. The predicted octanol–water partition coefficient (Wildman–Crippen LogP) is 2.13. The monoisotopic (exact) mass is 206 g/mol. The highest BCUT2D eigenvalue weighted by Crippen LogP contribution is 2.07. The van der Waals surface area contributed by atoms with Gasteiger partial charge in [-0.2, -0.15) is 0 Å². The Bertz CT molecular complexity index is 294. The Hall–Kier alpha value is -1.38. The van der Waals surface area contributed by atoms with Gasteiger partial charge in [0.05, 0.1) is 12.2 Å². The molecule has 0 spiro atoms. The summed E-state index contributed by atoms with van der Waals surface area (Å²) in [6.07, 6.45) is 3.52. The van der Waals surface area contributed by atoms with Gasteiger partial charge in [0, 0.05) is 12.1 Å². The van der Waals surface area contributed by atoms with Gasteiger partial charge in [-0.3, -0.25) is 9.78 Å². The van der Waals surface area contributed by atoms with Gasteiger partial charge in [-0.15, -0.1) is 0 Å². The van der Waals surface area contributed by atoms with E-state index in [1.54, 1.807) is 6.20 Å². The van der Waals surface area contributed by atoms with Crippen LogP contribution >= 0.6 is 0 Å². The van der Waals surface area contributed by atoms with Gasteiger partial charge in [0.25, 0.3) is 0 Å². The third-order valence-corrected chi connectivity index (χ3v) is 2.53. The first-order valence-corrected chi connectivity index (χ1v) is 5.45. The average molecular weight is 206 g/mol. The average Bonchev–Trinajstić information content (AvgIpc) is 2.29. The minimum absolute atomic E-state index is 0.130. The first-order chi connectivity index (χ1) is 7.27. The number of aromatic nitrogens is 1. The molecule has 3 heteroatoms. The second-order valence-electron chi connectivity index (χ2n) is 3.55. The lowest BCUT2D eigenvalue weighted by Gasteiger charge is -2.12. The van der Waals surface area contributed by atoms with Gasteiger partial charge < -0.3 is 5.32 Å². The molecule has 3 nitrogen and oxygen atoms in total. The van der Waals surface area contributed by atoms with E-state index in [1.165, 1.54) is 0 Å². The molecule has 0 aliphatic heterocycles. The van der Waals surface area contributed by atoms with Crippen molar-refractivity contribution in [2.75, 3.05) is 0 Å². The van der Waals surface area contributed by atoms with Crippen molar-refractivity contribution >= 4 is 5.91 Å². The van der Waals surface area contributed by atoms with Crippen molar-refractivity contribution in [3.05, 3.63) is 30.1 Å². The summed E-state index contributed by atoms with van der Waals surface area (Å²) in [4.78, 5) is 15.8. The number of pyridine rings is 1.